The molecule has 1 aliphatic carbocycles. The average Bonchev–Trinajstić information content (AvgIpc) is 2.75. The standard InChI is InChI=1S/C24H35F2N3O2/c25-24(26)12-9-19(10-13-24)17-29-16-4-14-27-22(30)8-7-21(11-15-28-23(31)18-29)20-5-2-1-3-6-20/h1-3,5-6,19,21H,4,7-18H2,(H,27,30)(H,28,31). The fourth-order valence-corrected chi connectivity index (χ4v) is 4.65. The number of benzene rings is 1. The molecule has 1 unspecified atom stereocenters. The van der Waals surface area contributed by atoms with Crippen LogP contribution in [0, 0.1) is 5.92 Å². The summed E-state index contributed by atoms with van der Waals surface area (Å²) >= 11 is 0. The van der Waals surface area contributed by atoms with Gasteiger partial charge in [-0.15, -0.1) is 0 Å². The zero-order valence-electron chi connectivity index (χ0n) is 18.3. The molecule has 0 bridgehead atoms. The van der Waals surface area contributed by atoms with Gasteiger partial charge < -0.3 is 10.6 Å². The van der Waals surface area contributed by atoms with Crippen molar-refractivity contribution < 1.29 is 18.4 Å². The Morgan fingerprint density at radius 2 is 1.65 bits per heavy atom. The predicted molar refractivity (Wildman–Crippen MR) is 117 cm³/mol. The van der Waals surface area contributed by atoms with Crippen LogP contribution in [-0.2, 0) is 9.59 Å². The lowest BCUT2D eigenvalue weighted by molar-refractivity contribution is -0.123. The molecule has 1 saturated carbocycles. The zero-order valence-corrected chi connectivity index (χ0v) is 18.3. The van der Waals surface area contributed by atoms with Gasteiger partial charge in [-0.25, -0.2) is 8.78 Å². The monoisotopic (exact) mass is 435 g/mol. The number of carbonyl (C=O) groups excluding carboxylic acids is 2. The summed E-state index contributed by atoms with van der Waals surface area (Å²) in [6, 6.07) is 10.1. The molecule has 7 heteroatoms. The number of rotatable bonds is 3. The van der Waals surface area contributed by atoms with E-state index in [-0.39, 0.29) is 43.0 Å². The number of nitrogens with zero attached hydrogens (tertiary/aromatic N) is 1. The number of hydrogen-bond donors (Lipinski definition) is 2. The first kappa shape index (κ1) is 23.6. The Hall–Kier alpha value is -2.02. The molecule has 2 N–H and O–H groups in total. The molecule has 1 aliphatic heterocycles. The van der Waals surface area contributed by atoms with Gasteiger partial charge in [-0.2, -0.15) is 0 Å². The Bertz CT molecular complexity index is 704. The van der Waals surface area contributed by atoms with Crippen molar-refractivity contribution in [2.24, 2.45) is 5.92 Å². The average molecular weight is 436 g/mol. The summed E-state index contributed by atoms with van der Waals surface area (Å²) in [7, 11) is 0. The van der Waals surface area contributed by atoms with Crippen molar-refractivity contribution in [3.8, 4) is 0 Å². The summed E-state index contributed by atoms with van der Waals surface area (Å²) in [6.07, 6.45) is 3.62. The van der Waals surface area contributed by atoms with Crippen LogP contribution < -0.4 is 10.6 Å². The number of carbonyl (C=O) groups is 2. The third-order valence-electron chi connectivity index (χ3n) is 6.50. The fraction of sp³-hybridized carbons (Fsp3) is 0.667. The van der Waals surface area contributed by atoms with Gasteiger partial charge in [-0.3, -0.25) is 14.5 Å². The maximum Gasteiger partial charge on any atom is 0.248 e. The summed E-state index contributed by atoms with van der Waals surface area (Å²) < 4.78 is 26.9. The van der Waals surface area contributed by atoms with E-state index in [2.05, 4.69) is 27.7 Å². The van der Waals surface area contributed by atoms with Gasteiger partial charge in [0.25, 0.3) is 0 Å². The molecule has 2 aliphatic rings. The lowest BCUT2D eigenvalue weighted by Crippen LogP contribution is -2.42. The van der Waals surface area contributed by atoms with Crippen molar-refractivity contribution in [1.29, 1.82) is 0 Å². The molecule has 172 valence electrons. The number of hydrogen-bond acceptors (Lipinski definition) is 3. The molecular formula is C24H35F2N3O2. The first-order chi connectivity index (χ1) is 14.9. The molecule has 31 heavy (non-hydrogen) atoms. The topological polar surface area (TPSA) is 61.4 Å². The highest BCUT2D eigenvalue weighted by atomic mass is 19.3. The normalized spacial score (nSPS) is 25.3. The van der Waals surface area contributed by atoms with Gasteiger partial charge >= 0.3 is 0 Å². The van der Waals surface area contributed by atoms with Gasteiger partial charge in [-0.1, -0.05) is 30.3 Å². The van der Waals surface area contributed by atoms with Crippen LogP contribution in [0.3, 0.4) is 0 Å². The Morgan fingerprint density at radius 1 is 0.935 bits per heavy atom. The van der Waals surface area contributed by atoms with Crippen LogP contribution in [0.5, 0.6) is 0 Å². The summed E-state index contributed by atoms with van der Waals surface area (Å²) in [5.41, 5.74) is 1.19. The van der Waals surface area contributed by atoms with Crippen molar-refractivity contribution in [3.05, 3.63) is 35.9 Å². The molecule has 2 fully saturated rings. The molecular weight excluding hydrogens is 400 g/mol. The molecule has 3 rings (SSSR count). The zero-order chi connectivity index (χ0) is 22.1. The Labute approximate surface area is 184 Å². The summed E-state index contributed by atoms with van der Waals surface area (Å²) in [4.78, 5) is 26.9. The van der Waals surface area contributed by atoms with Crippen molar-refractivity contribution >= 4 is 11.8 Å². The van der Waals surface area contributed by atoms with Crippen molar-refractivity contribution in [2.45, 2.75) is 63.2 Å². The van der Waals surface area contributed by atoms with E-state index in [0.717, 1.165) is 19.3 Å². The molecule has 1 aromatic rings. The van der Waals surface area contributed by atoms with Gasteiger partial charge in [-0.05, 0) is 49.5 Å². The van der Waals surface area contributed by atoms with Crippen molar-refractivity contribution in [3.63, 3.8) is 0 Å². The molecule has 1 aromatic carbocycles. The van der Waals surface area contributed by atoms with Crippen LogP contribution in [0.2, 0.25) is 0 Å². The lowest BCUT2D eigenvalue weighted by Gasteiger charge is -2.32. The SMILES string of the molecule is O=C1CCC(c2ccccc2)CCNC(=O)CN(CC2CCC(F)(F)CC2)CCCN1. The van der Waals surface area contributed by atoms with Gasteiger partial charge in [0.1, 0.15) is 0 Å². The third-order valence-corrected chi connectivity index (χ3v) is 6.50. The van der Waals surface area contributed by atoms with Crippen molar-refractivity contribution in [2.75, 3.05) is 32.7 Å². The second-order valence-electron chi connectivity index (χ2n) is 9.02. The van der Waals surface area contributed by atoms with E-state index < -0.39 is 5.92 Å². The smallest absolute Gasteiger partial charge is 0.248 e. The molecule has 5 nitrogen and oxygen atoms in total. The van der Waals surface area contributed by atoms with Crippen LogP contribution in [0.4, 0.5) is 8.78 Å². The maximum atomic E-state index is 13.5. The minimum absolute atomic E-state index is 0.0194. The maximum absolute atomic E-state index is 13.5. The second-order valence-corrected chi connectivity index (χ2v) is 9.02. The van der Waals surface area contributed by atoms with E-state index in [1.54, 1.807) is 0 Å². The highest BCUT2D eigenvalue weighted by molar-refractivity contribution is 5.78. The number of nitrogens with one attached hydrogen (secondary N) is 2. The molecule has 0 spiro atoms. The van der Waals surface area contributed by atoms with E-state index >= 15 is 0 Å². The largest absolute Gasteiger partial charge is 0.356 e. The van der Waals surface area contributed by atoms with Gasteiger partial charge in [0.15, 0.2) is 0 Å². The lowest BCUT2D eigenvalue weighted by atomic mass is 9.86. The number of amides is 2. The third kappa shape index (κ3) is 8.20. The fourth-order valence-electron chi connectivity index (χ4n) is 4.65. The van der Waals surface area contributed by atoms with Crippen molar-refractivity contribution in [1.82, 2.24) is 15.5 Å². The van der Waals surface area contributed by atoms with E-state index in [1.165, 1.54) is 5.56 Å². The second kappa shape index (κ2) is 11.6. The van der Waals surface area contributed by atoms with E-state index in [0.29, 0.717) is 45.4 Å². The van der Waals surface area contributed by atoms with Crippen LogP contribution in [-0.4, -0.2) is 55.4 Å². The van der Waals surface area contributed by atoms with E-state index in [4.69, 9.17) is 0 Å². The van der Waals surface area contributed by atoms with Gasteiger partial charge in [0, 0.05) is 45.4 Å². The van der Waals surface area contributed by atoms with Crippen LogP contribution in [0.15, 0.2) is 30.3 Å². The summed E-state index contributed by atoms with van der Waals surface area (Å²) in [6.45, 7) is 2.73. The van der Waals surface area contributed by atoms with Gasteiger partial charge in [0.2, 0.25) is 17.7 Å². The minimum Gasteiger partial charge on any atom is -0.356 e. The summed E-state index contributed by atoms with van der Waals surface area (Å²) in [5.74, 6) is -2.08. The molecule has 1 atom stereocenters. The van der Waals surface area contributed by atoms with E-state index in [9.17, 15) is 18.4 Å². The Morgan fingerprint density at radius 3 is 2.39 bits per heavy atom. The molecule has 2 amide bonds. The predicted octanol–water partition coefficient (Wildman–Crippen LogP) is 3.70. The molecule has 1 saturated heterocycles. The highest BCUT2D eigenvalue weighted by Crippen LogP contribution is 2.36. The Balaban J connectivity index is 1.57. The van der Waals surface area contributed by atoms with Crippen LogP contribution >= 0.6 is 0 Å². The first-order valence-corrected chi connectivity index (χ1v) is 11.6. The minimum atomic E-state index is -2.54. The molecule has 1 heterocycles. The first-order valence-electron chi connectivity index (χ1n) is 11.6. The quantitative estimate of drug-likeness (QED) is 0.761. The van der Waals surface area contributed by atoms with Gasteiger partial charge in [0.05, 0.1) is 6.54 Å². The van der Waals surface area contributed by atoms with Crippen LogP contribution in [0.1, 0.15) is 62.8 Å². The Kier molecular flexibility index (Phi) is 8.81. The van der Waals surface area contributed by atoms with E-state index in [1.807, 2.05) is 18.2 Å². The highest BCUT2D eigenvalue weighted by Gasteiger charge is 2.35. The van der Waals surface area contributed by atoms with Crippen LogP contribution in [0.25, 0.3) is 0 Å². The number of alkyl halides is 2. The molecule has 0 aromatic heterocycles. The number of halogens is 2. The molecule has 0 radical (unpaired) electrons. The summed E-state index contributed by atoms with van der Waals surface area (Å²) in [5, 5.41) is 6.02.